The van der Waals surface area contributed by atoms with Crippen LogP contribution in [0.15, 0.2) is 0 Å². The molecule has 2 aliphatic heterocycles. The molecule has 2 atom stereocenters. The van der Waals surface area contributed by atoms with Gasteiger partial charge < -0.3 is 9.47 Å². The van der Waals surface area contributed by atoms with Crippen LogP contribution in [0.1, 0.15) is 25.7 Å². The van der Waals surface area contributed by atoms with Crippen LogP contribution in [-0.2, 0) is 9.47 Å². The number of hydrazine groups is 2. The van der Waals surface area contributed by atoms with E-state index in [1.165, 1.54) is 25.7 Å². The summed E-state index contributed by atoms with van der Waals surface area (Å²) in [5.74, 6) is 11.2. The summed E-state index contributed by atoms with van der Waals surface area (Å²) in [5.41, 5.74) is 0. The summed E-state index contributed by atoms with van der Waals surface area (Å²) in [6.45, 7) is 3.59. The number of methoxy groups -OCH3 is 2. The molecule has 6 heteroatoms. The van der Waals surface area contributed by atoms with Crippen molar-refractivity contribution in [3.05, 3.63) is 0 Å². The van der Waals surface area contributed by atoms with Crippen molar-refractivity contribution in [3.8, 4) is 0 Å². The van der Waals surface area contributed by atoms with E-state index in [1.807, 2.05) is 10.0 Å². The third-order valence-electron chi connectivity index (χ3n) is 3.56. The molecular weight excluding hydrogens is 232 g/mol. The molecule has 0 aliphatic carbocycles. The van der Waals surface area contributed by atoms with Crippen molar-refractivity contribution in [2.24, 2.45) is 11.7 Å². The number of nitrogens with zero attached hydrogens (tertiary/aromatic N) is 2. The number of hydrogen-bond donors (Lipinski definition) is 2. The molecule has 2 aliphatic rings. The van der Waals surface area contributed by atoms with Crippen molar-refractivity contribution >= 4 is 0 Å². The zero-order chi connectivity index (χ0) is 13.4. The Labute approximate surface area is 110 Å². The van der Waals surface area contributed by atoms with Crippen LogP contribution in [0, 0.1) is 0 Å². The molecule has 2 heterocycles. The molecule has 0 saturated carbocycles. The van der Waals surface area contributed by atoms with E-state index in [-0.39, 0.29) is 0 Å². The molecule has 2 fully saturated rings. The summed E-state index contributed by atoms with van der Waals surface area (Å²) < 4.78 is 9.95. The average molecular weight is 260 g/mol. The first-order valence-electron chi connectivity index (χ1n) is 6.69. The van der Waals surface area contributed by atoms with E-state index >= 15 is 0 Å². The highest BCUT2D eigenvalue weighted by molar-refractivity contribution is 4.74. The van der Waals surface area contributed by atoms with Gasteiger partial charge in [0.25, 0.3) is 0 Å². The van der Waals surface area contributed by atoms with Gasteiger partial charge in [0.05, 0.1) is 13.2 Å². The van der Waals surface area contributed by atoms with E-state index < -0.39 is 0 Å². The molecule has 0 aromatic heterocycles. The zero-order valence-corrected chi connectivity index (χ0v) is 11.7. The van der Waals surface area contributed by atoms with Crippen LogP contribution in [0.25, 0.3) is 0 Å². The average Bonchev–Trinajstić information content (AvgIpc) is 2.92. The first-order chi connectivity index (χ1) is 8.69. The van der Waals surface area contributed by atoms with Gasteiger partial charge in [-0.05, 0) is 25.7 Å². The molecule has 0 amide bonds. The van der Waals surface area contributed by atoms with Gasteiger partial charge in [0, 0.05) is 39.4 Å². The van der Waals surface area contributed by atoms with Gasteiger partial charge >= 0.3 is 0 Å². The van der Waals surface area contributed by atoms with Crippen LogP contribution in [-0.4, -0.2) is 62.6 Å². The van der Waals surface area contributed by atoms with Gasteiger partial charge in [-0.25, -0.2) is 10.0 Å². The Balaban J connectivity index is 0.000000180. The SMILES string of the molecule is COC[C@@H]1CCCN1N.COC[C@H]1CCCN1N. The second-order valence-corrected chi connectivity index (χ2v) is 4.98. The van der Waals surface area contributed by atoms with Crippen molar-refractivity contribution < 1.29 is 9.47 Å². The van der Waals surface area contributed by atoms with Gasteiger partial charge in [0.15, 0.2) is 0 Å². The van der Waals surface area contributed by atoms with Crippen LogP contribution in [0.5, 0.6) is 0 Å². The molecule has 0 unspecified atom stereocenters. The lowest BCUT2D eigenvalue weighted by Crippen LogP contribution is -2.38. The second-order valence-electron chi connectivity index (χ2n) is 4.98. The van der Waals surface area contributed by atoms with Crippen molar-refractivity contribution in [2.45, 2.75) is 37.8 Å². The van der Waals surface area contributed by atoms with E-state index in [1.54, 1.807) is 14.2 Å². The molecule has 6 nitrogen and oxygen atoms in total. The van der Waals surface area contributed by atoms with Gasteiger partial charge in [0.2, 0.25) is 0 Å². The summed E-state index contributed by atoms with van der Waals surface area (Å²) in [6, 6.07) is 0.935. The maximum atomic E-state index is 5.62. The molecule has 0 bridgehead atoms. The van der Waals surface area contributed by atoms with Gasteiger partial charge in [0.1, 0.15) is 0 Å². The first-order valence-corrected chi connectivity index (χ1v) is 6.69. The van der Waals surface area contributed by atoms with Crippen LogP contribution in [0.2, 0.25) is 0 Å². The fraction of sp³-hybridized carbons (Fsp3) is 1.00. The minimum absolute atomic E-state index is 0.468. The maximum absolute atomic E-state index is 5.62. The Morgan fingerprint density at radius 2 is 1.28 bits per heavy atom. The van der Waals surface area contributed by atoms with Crippen LogP contribution < -0.4 is 11.7 Å². The maximum Gasteiger partial charge on any atom is 0.0631 e. The Bertz CT molecular complexity index is 196. The largest absolute Gasteiger partial charge is 0.383 e. The van der Waals surface area contributed by atoms with Crippen LogP contribution in [0.4, 0.5) is 0 Å². The van der Waals surface area contributed by atoms with Gasteiger partial charge in [-0.1, -0.05) is 0 Å². The predicted molar refractivity (Wildman–Crippen MR) is 71.6 cm³/mol. The molecule has 0 aromatic carbocycles. The lowest BCUT2D eigenvalue weighted by molar-refractivity contribution is 0.116. The molecule has 0 aromatic rings. The van der Waals surface area contributed by atoms with Crippen molar-refractivity contribution in [1.82, 2.24) is 10.0 Å². The third-order valence-corrected chi connectivity index (χ3v) is 3.56. The summed E-state index contributed by atoms with van der Waals surface area (Å²) >= 11 is 0. The highest BCUT2D eigenvalue weighted by Gasteiger charge is 2.21. The predicted octanol–water partition coefficient (Wildman–Crippen LogP) is -0.0582. The number of nitrogens with two attached hydrogens (primary N) is 2. The molecular formula is C12H28N4O2. The molecule has 2 rings (SSSR count). The fourth-order valence-electron chi connectivity index (χ4n) is 2.46. The topological polar surface area (TPSA) is 77.0 Å². The number of rotatable bonds is 4. The molecule has 108 valence electrons. The third kappa shape index (κ3) is 5.17. The van der Waals surface area contributed by atoms with E-state index in [9.17, 15) is 0 Å². The fourth-order valence-corrected chi connectivity index (χ4v) is 2.46. The molecule has 2 saturated heterocycles. The summed E-state index contributed by atoms with van der Waals surface area (Å²) in [4.78, 5) is 0. The van der Waals surface area contributed by atoms with Crippen molar-refractivity contribution in [2.75, 3.05) is 40.5 Å². The minimum Gasteiger partial charge on any atom is -0.383 e. The lowest BCUT2D eigenvalue weighted by Gasteiger charge is -2.16. The highest BCUT2D eigenvalue weighted by atomic mass is 16.5. The van der Waals surface area contributed by atoms with Crippen LogP contribution in [0.3, 0.4) is 0 Å². The van der Waals surface area contributed by atoms with Crippen molar-refractivity contribution in [3.63, 3.8) is 0 Å². The van der Waals surface area contributed by atoms with E-state index in [2.05, 4.69) is 0 Å². The number of ether oxygens (including phenoxy) is 2. The Morgan fingerprint density at radius 1 is 0.889 bits per heavy atom. The quantitative estimate of drug-likeness (QED) is 0.690. The van der Waals surface area contributed by atoms with Gasteiger partial charge in [-0.3, -0.25) is 11.7 Å². The summed E-state index contributed by atoms with van der Waals surface area (Å²) in [6.07, 6.45) is 4.80. The molecule has 0 radical (unpaired) electrons. The monoisotopic (exact) mass is 260 g/mol. The standard InChI is InChI=1S/2C6H14N2O/c2*1-9-5-6-3-2-4-8(6)7/h2*6H,2-5,7H2,1H3/t2*6-/m10/s1. The van der Waals surface area contributed by atoms with E-state index in [4.69, 9.17) is 21.2 Å². The minimum atomic E-state index is 0.468. The summed E-state index contributed by atoms with van der Waals surface area (Å²) in [7, 11) is 3.43. The Kier molecular flexibility index (Phi) is 7.73. The Morgan fingerprint density at radius 3 is 1.50 bits per heavy atom. The van der Waals surface area contributed by atoms with E-state index in [0.717, 1.165) is 26.3 Å². The smallest absolute Gasteiger partial charge is 0.0631 e. The van der Waals surface area contributed by atoms with Crippen LogP contribution >= 0.6 is 0 Å². The number of hydrogen-bond acceptors (Lipinski definition) is 6. The van der Waals surface area contributed by atoms with Crippen molar-refractivity contribution in [1.29, 1.82) is 0 Å². The Hall–Kier alpha value is -0.240. The first kappa shape index (κ1) is 15.8. The van der Waals surface area contributed by atoms with Gasteiger partial charge in [-0.15, -0.1) is 0 Å². The zero-order valence-electron chi connectivity index (χ0n) is 11.7. The molecule has 4 N–H and O–H groups in total. The second kappa shape index (κ2) is 8.79. The summed E-state index contributed by atoms with van der Waals surface area (Å²) in [5, 5.41) is 3.73. The molecule has 18 heavy (non-hydrogen) atoms. The molecule has 0 spiro atoms. The van der Waals surface area contributed by atoms with E-state index in [0.29, 0.717) is 12.1 Å². The normalized spacial score (nSPS) is 29.3. The lowest BCUT2D eigenvalue weighted by atomic mass is 10.2. The highest BCUT2D eigenvalue weighted by Crippen LogP contribution is 2.12. The van der Waals surface area contributed by atoms with Gasteiger partial charge in [-0.2, -0.15) is 0 Å².